The first kappa shape index (κ1) is 43.7. The summed E-state index contributed by atoms with van der Waals surface area (Å²) in [6.07, 6.45) is 13.6. The van der Waals surface area contributed by atoms with Gasteiger partial charge in [-0.25, -0.2) is 0 Å². The highest BCUT2D eigenvalue weighted by Crippen LogP contribution is 2.67. The maximum absolute atomic E-state index is 5.09. The van der Waals surface area contributed by atoms with Gasteiger partial charge in [0, 0.05) is 11.3 Å². The van der Waals surface area contributed by atoms with Gasteiger partial charge in [0.2, 0.25) is 0 Å². The fraction of sp³-hybridized carbons (Fsp3) is 0.0896. The summed E-state index contributed by atoms with van der Waals surface area (Å²) in [5.41, 5.74) is 23.8. The lowest BCUT2D eigenvalue weighted by molar-refractivity contribution is 0.785. The van der Waals surface area contributed by atoms with Crippen LogP contribution in [0, 0.1) is 0 Å². The molecular formula is C67H55N. The molecule has 8 aromatic carbocycles. The van der Waals surface area contributed by atoms with E-state index in [9.17, 15) is 0 Å². The molecule has 1 atom stereocenters. The van der Waals surface area contributed by atoms with Crippen LogP contribution in [0.3, 0.4) is 0 Å². The number of rotatable bonds is 8. The van der Waals surface area contributed by atoms with E-state index in [1.165, 1.54) is 94.3 Å². The van der Waals surface area contributed by atoms with Gasteiger partial charge in [-0.2, -0.15) is 0 Å². The largest absolute Gasteiger partial charge is 0.253 e. The van der Waals surface area contributed by atoms with Crippen LogP contribution in [0.1, 0.15) is 72.6 Å². The molecule has 11 rings (SSSR count). The van der Waals surface area contributed by atoms with Gasteiger partial charge in [0.1, 0.15) is 0 Å². The van der Waals surface area contributed by atoms with Crippen LogP contribution in [-0.4, -0.2) is 5.71 Å². The van der Waals surface area contributed by atoms with E-state index in [-0.39, 0.29) is 0 Å². The van der Waals surface area contributed by atoms with Gasteiger partial charge >= 0.3 is 0 Å². The van der Waals surface area contributed by atoms with Gasteiger partial charge in [0.25, 0.3) is 0 Å². The summed E-state index contributed by atoms with van der Waals surface area (Å²) in [6, 6.07) is 67.2. The molecule has 0 saturated carbocycles. The normalized spacial score (nSPS) is 16.9. The van der Waals surface area contributed by atoms with Crippen molar-refractivity contribution in [2.75, 3.05) is 0 Å². The predicted octanol–water partition coefficient (Wildman–Crippen LogP) is 18.0. The van der Waals surface area contributed by atoms with Gasteiger partial charge in [-0.05, 0) is 133 Å². The van der Waals surface area contributed by atoms with E-state index < -0.39 is 5.41 Å². The fourth-order valence-corrected chi connectivity index (χ4v) is 10.8. The zero-order valence-corrected chi connectivity index (χ0v) is 39.3. The summed E-state index contributed by atoms with van der Waals surface area (Å²) in [5, 5.41) is 2.39. The molecule has 68 heavy (non-hydrogen) atoms. The van der Waals surface area contributed by atoms with Crippen LogP contribution < -0.4 is 0 Å². The molecule has 0 aromatic heterocycles. The van der Waals surface area contributed by atoms with Crippen LogP contribution in [0.4, 0.5) is 0 Å². The van der Waals surface area contributed by atoms with Crippen molar-refractivity contribution < 1.29 is 0 Å². The quantitative estimate of drug-likeness (QED) is 0.135. The molecule has 0 aliphatic heterocycles. The number of hydrogen-bond acceptors (Lipinski definition) is 1. The minimum Gasteiger partial charge on any atom is -0.253 e. The number of allylic oxidation sites excluding steroid dienone is 10. The summed E-state index contributed by atoms with van der Waals surface area (Å²) in [4.78, 5) is 5.09. The smallest absolute Gasteiger partial charge is 0.0728 e. The summed E-state index contributed by atoms with van der Waals surface area (Å²) in [6.45, 7) is 18.8. The molecule has 1 nitrogen and oxygen atoms in total. The second-order valence-electron chi connectivity index (χ2n) is 17.9. The standard InChI is InChI=1S/C52H41N.C15H14/c1-5-17-48-39(6-2)46-24-16-25-47(51(46)52(48)49-26-14-12-22-44(49)45-23-13-15-27-50(45)52)43-33-32-40(41-20-10-11-21-42(41)43)35(4)53-34(3)36-28-30-38(31-29-36)37-18-8-7-9-19-37;1-12(2)13-8-10-15(11-9-13)14-6-4-3-5-7-14/h5-12,14,16-33H,1,3,13,15H2,2,4H3;3-11H,1H2,2H3/b39-6-,48-17+,53-35?;. The molecule has 3 aliphatic rings. The molecular weight excluding hydrogens is 819 g/mol. The highest BCUT2D eigenvalue weighted by Gasteiger charge is 2.55. The first-order valence-electron chi connectivity index (χ1n) is 23.7. The molecule has 1 spiro atoms. The van der Waals surface area contributed by atoms with E-state index >= 15 is 0 Å². The number of fused-ring (bicyclic) bond motifs is 8. The van der Waals surface area contributed by atoms with Gasteiger partial charge < -0.3 is 0 Å². The number of hydrogen-bond donors (Lipinski definition) is 0. The molecule has 0 amide bonds. The molecule has 0 N–H and O–H groups in total. The van der Waals surface area contributed by atoms with E-state index in [0.29, 0.717) is 0 Å². The Balaban J connectivity index is 0.000000306. The summed E-state index contributed by atoms with van der Waals surface area (Å²) < 4.78 is 0. The lowest BCUT2D eigenvalue weighted by Gasteiger charge is -2.34. The highest BCUT2D eigenvalue weighted by molar-refractivity contribution is 6.15. The number of nitrogens with zero attached hydrogens (tertiary/aromatic N) is 1. The maximum Gasteiger partial charge on any atom is 0.0728 e. The monoisotopic (exact) mass is 873 g/mol. The summed E-state index contributed by atoms with van der Waals surface area (Å²) in [7, 11) is 0. The van der Waals surface area contributed by atoms with Crippen molar-refractivity contribution in [1.29, 1.82) is 0 Å². The summed E-state index contributed by atoms with van der Waals surface area (Å²) >= 11 is 0. The lowest BCUT2D eigenvalue weighted by Crippen LogP contribution is -2.27. The van der Waals surface area contributed by atoms with Crippen LogP contribution in [0.5, 0.6) is 0 Å². The van der Waals surface area contributed by atoms with Crippen LogP contribution in [0.15, 0.2) is 254 Å². The lowest BCUT2D eigenvalue weighted by atomic mass is 9.67. The molecule has 328 valence electrons. The molecule has 1 heteroatoms. The van der Waals surface area contributed by atoms with Crippen molar-refractivity contribution in [2.24, 2.45) is 4.99 Å². The van der Waals surface area contributed by atoms with Crippen LogP contribution in [0.2, 0.25) is 0 Å². The van der Waals surface area contributed by atoms with E-state index in [2.05, 4.69) is 234 Å². The first-order valence-corrected chi connectivity index (χ1v) is 23.7. The Labute approximate surface area is 402 Å². The van der Waals surface area contributed by atoms with Crippen molar-refractivity contribution in [2.45, 2.75) is 39.0 Å². The van der Waals surface area contributed by atoms with Gasteiger partial charge in [-0.3, -0.25) is 4.99 Å². The first-order chi connectivity index (χ1) is 33.3. The second kappa shape index (κ2) is 18.6. The molecule has 3 aliphatic carbocycles. The number of aliphatic imine (C=N–C) groups is 1. The average molecular weight is 874 g/mol. The average Bonchev–Trinajstić information content (AvgIpc) is 3.85. The van der Waals surface area contributed by atoms with Crippen molar-refractivity contribution in [3.63, 3.8) is 0 Å². The molecule has 0 heterocycles. The SMILES string of the molecule is C=C(C)c1ccc(-c2ccccc2)cc1.C=C/C=C1\C(=C/C)c2cccc(-c3ccc(C(C)=NC(=C)c4ccc(-c5ccccc5)cc4)c4ccccc34)c2C12C1=CCCC=C1c1ccccc12. The zero-order valence-electron chi connectivity index (χ0n) is 39.3. The second-order valence-corrected chi connectivity index (χ2v) is 17.9. The molecule has 8 aromatic rings. The highest BCUT2D eigenvalue weighted by atomic mass is 14.8. The fourth-order valence-electron chi connectivity index (χ4n) is 10.8. The van der Waals surface area contributed by atoms with Crippen molar-refractivity contribution in [3.8, 4) is 33.4 Å². The molecule has 0 saturated heterocycles. The third kappa shape index (κ3) is 7.61. The van der Waals surface area contributed by atoms with Crippen molar-refractivity contribution in [1.82, 2.24) is 0 Å². The van der Waals surface area contributed by atoms with Crippen LogP contribution in [0.25, 0.3) is 66.6 Å². The predicted molar refractivity (Wildman–Crippen MR) is 294 cm³/mol. The third-order valence-electron chi connectivity index (χ3n) is 13.9. The molecule has 0 bridgehead atoms. The Kier molecular flexibility index (Phi) is 12.0. The minimum atomic E-state index is -0.435. The third-order valence-corrected chi connectivity index (χ3v) is 13.9. The Hall–Kier alpha value is -8.13. The van der Waals surface area contributed by atoms with E-state index in [4.69, 9.17) is 4.99 Å². The zero-order chi connectivity index (χ0) is 46.8. The molecule has 0 fully saturated rings. The molecule has 1 unspecified atom stereocenters. The summed E-state index contributed by atoms with van der Waals surface area (Å²) in [5.74, 6) is 0. The Morgan fingerprint density at radius 3 is 1.74 bits per heavy atom. The van der Waals surface area contributed by atoms with Gasteiger partial charge in [0.05, 0.1) is 11.1 Å². The van der Waals surface area contributed by atoms with E-state index in [1.54, 1.807) is 0 Å². The Morgan fingerprint density at radius 2 is 1.09 bits per heavy atom. The Morgan fingerprint density at radius 1 is 0.529 bits per heavy atom. The molecule has 0 radical (unpaired) electrons. The van der Waals surface area contributed by atoms with Crippen LogP contribution in [-0.2, 0) is 5.41 Å². The maximum atomic E-state index is 5.09. The van der Waals surface area contributed by atoms with Crippen molar-refractivity contribution in [3.05, 3.63) is 288 Å². The van der Waals surface area contributed by atoms with Crippen LogP contribution >= 0.6 is 0 Å². The van der Waals surface area contributed by atoms with E-state index in [0.717, 1.165) is 41.0 Å². The van der Waals surface area contributed by atoms with E-state index in [1.807, 2.05) is 25.1 Å². The number of benzene rings is 8. The van der Waals surface area contributed by atoms with Crippen molar-refractivity contribution >= 4 is 38.9 Å². The van der Waals surface area contributed by atoms with Gasteiger partial charge in [-0.15, -0.1) is 0 Å². The van der Waals surface area contributed by atoms with Gasteiger partial charge in [-0.1, -0.05) is 244 Å². The van der Waals surface area contributed by atoms with Gasteiger partial charge in [0.15, 0.2) is 0 Å². The minimum absolute atomic E-state index is 0.435. The topological polar surface area (TPSA) is 12.4 Å². The Bertz CT molecular complexity index is 3420.